The molecular weight excluding hydrogens is 504 g/mol. The minimum Gasteiger partial charge on any atom is -0.493 e. The zero-order valence-corrected chi connectivity index (χ0v) is 23.8. The van der Waals surface area contributed by atoms with Gasteiger partial charge < -0.3 is 24.3 Å². The summed E-state index contributed by atoms with van der Waals surface area (Å²) in [5, 5.41) is 15.0. The highest BCUT2D eigenvalue weighted by molar-refractivity contribution is 7.15. The molecule has 0 atom stereocenters. The Hall–Kier alpha value is -2.85. The van der Waals surface area contributed by atoms with Crippen LogP contribution in [0.15, 0.2) is 17.3 Å². The maximum atomic E-state index is 11.6. The lowest BCUT2D eigenvalue weighted by Gasteiger charge is -2.45. The maximum absolute atomic E-state index is 11.6. The van der Waals surface area contributed by atoms with Crippen LogP contribution in [0.1, 0.15) is 56.3 Å². The summed E-state index contributed by atoms with van der Waals surface area (Å²) in [5.74, 6) is 1.90. The van der Waals surface area contributed by atoms with E-state index in [1.807, 2.05) is 34.6 Å². The van der Waals surface area contributed by atoms with Crippen LogP contribution in [0.4, 0.5) is 0 Å². The normalized spacial score (nSPS) is 20.1. The number of amidine groups is 1. The molecule has 38 heavy (non-hydrogen) atoms. The molecule has 206 valence electrons. The van der Waals surface area contributed by atoms with E-state index in [9.17, 15) is 9.90 Å². The zero-order valence-electron chi connectivity index (χ0n) is 23.0. The lowest BCUT2D eigenvalue weighted by Crippen LogP contribution is -2.61. The van der Waals surface area contributed by atoms with Crippen LogP contribution in [0, 0.1) is 19.3 Å². The SMILES string of the molecule is CCOc1cc(CN2CC3(CC(N4CCC(C)(C(=O)O)CC4)=NO3)C2)cc(OCC)c1-c1sc(C)nc1C. The molecule has 1 spiro atoms. The molecule has 0 saturated carbocycles. The molecule has 4 heterocycles. The number of carboxylic acid groups (broad SMARTS) is 1. The van der Waals surface area contributed by atoms with Gasteiger partial charge in [-0.15, -0.1) is 11.3 Å². The van der Waals surface area contributed by atoms with Crippen molar-refractivity contribution in [2.45, 2.75) is 66.0 Å². The number of thiazole rings is 1. The number of nitrogens with zero attached hydrogens (tertiary/aromatic N) is 4. The fourth-order valence-corrected chi connectivity index (χ4v) is 6.69. The highest BCUT2D eigenvalue weighted by atomic mass is 32.1. The maximum Gasteiger partial charge on any atom is 0.309 e. The van der Waals surface area contributed by atoms with Crippen LogP contribution >= 0.6 is 11.3 Å². The fraction of sp³-hybridized carbons (Fsp3) is 0.607. The Kier molecular flexibility index (Phi) is 7.30. The van der Waals surface area contributed by atoms with Crippen LogP contribution in [-0.2, 0) is 16.2 Å². The second-order valence-electron chi connectivity index (χ2n) is 10.9. The molecule has 10 heteroatoms. The van der Waals surface area contributed by atoms with Gasteiger partial charge in [0.25, 0.3) is 0 Å². The quantitative estimate of drug-likeness (QED) is 0.513. The van der Waals surface area contributed by atoms with Gasteiger partial charge in [0.1, 0.15) is 17.3 Å². The molecule has 1 N–H and O–H groups in total. The number of hydrogen-bond donors (Lipinski definition) is 1. The van der Waals surface area contributed by atoms with Crippen LogP contribution in [0.3, 0.4) is 0 Å². The number of oxime groups is 1. The number of aliphatic carboxylic acids is 1. The molecule has 0 aliphatic carbocycles. The van der Waals surface area contributed by atoms with Gasteiger partial charge >= 0.3 is 5.97 Å². The molecule has 3 aliphatic heterocycles. The van der Waals surface area contributed by atoms with Gasteiger partial charge in [-0.25, -0.2) is 4.98 Å². The van der Waals surface area contributed by atoms with Crippen molar-refractivity contribution >= 4 is 23.1 Å². The number of likely N-dealkylation sites (tertiary alicyclic amines) is 2. The molecule has 1 aromatic carbocycles. The number of hydrogen-bond acceptors (Lipinski definition) is 9. The highest BCUT2D eigenvalue weighted by Gasteiger charge is 2.51. The van der Waals surface area contributed by atoms with Crippen molar-refractivity contribution in [2.75, 3.05) is 39.4 Å². The molecule has 0 amide bonds. The first-order valence-corrected chi connectivity index (χ1v) is 14.3. The summed E-state index contributed by atoms with van der Waals surface area (Å²) in [6.45, 7) is 14.8. The van der Waals surface area contributed by atoms with Crippen LogP contribution in [0.2, 0.25) is 0 Å². The number of benzene rings is 1. The summed E-state index contributed by atoms with van der Waals surface area (Å²) < 4.78 is 12.2. The number of piperidine rings is 1. The molecule has 3 aliphatic rings. The smallest absolute Gasteiger partial charge is 0.309 e. The van der Waals surface area contributed by atoms with Crippen LogP contribution in [-0.4, -0.2) is 76.7 Å². The number of ether oxygens (including phenoxy) is 2. The largest absolute Gasteiger partial charge is 0.493 e. The molecule has 0 radical (unpaired) electrons. The zero-order chi connectivity index (χ0) is 27.1. The van der Waals surface area contributed by atoms with Crippen molar-refractivity contribution in [2.24, 2.45) is 10.6 Å². The van der Waals surface area contributed by atoms with E-state index in [-0.39, 0.29) is 5.60 Å². The van der Waals surface area contributed by atoms with E-state index < -0.39 is 11.4 Å². The van der Waals surface area contributed by atoms with E-state index in [1.165, 1.54) is 0 Å². The lowest BCUT2D eigenvalue weighted by molar-refractivity contribution is -0.150. The summed E-state index contributed by atoms with van der Waals surface area (Å²) in [4.78, 5) is 27.8. The van der Waals surface area contributed by atoms with Crippen molar-refractivity contribution in [3.63, 3.8) is 0 Å². The summed E-state index contributed by atoms with van der Waals surface area (Å²) in [6.07, 6.45) is 2.02. The number of carbonyl (C=O) groups is 1. The highest BCUT2D eigenvalue weighted by Crippen LogP contribution is 2.45. The van der Waals surface area contributed by atoms with E-state index in [2.05, 4.69) is 32.1 Å². The van der Waals surface area contributed by atoms with Crippen LogP contribution < -0.4 is 9.47 Å². The monoisotopic (exact) mass is 542 g/mol. The first kappa shape index (κ1) is 26.7. The minimum absolute atomic E-state index is 0.286. The van der Waals surface area contributed by atoms with Gasteiger partial charge in [-0.1, -0.05) is 5.16 Å². The molecule has 2 aromatic rings. The van der Waals surface area contributed by atoms with Crippen LogP contribution in [0.25, 0.3) is 10.4 Å². The standard InChI is InChI=1S/C28H38N4O5S/c1-6-35-21-12-20(13-22(36-7-2)24(21)25-18(3)29-19(4)38-25)15-31-16-28(17-31)14-23(30-37-28)32-10-8-27(5,9-11-32)26(33)34/h12-13H,6-11,14-17H2,1-5H3,(H,33,34). The van der Waals surface area contributed by atoms with E-state index >= 15 is 0 Å². The van der Waals surface area contributed by atoms with E-state index in [1.54, 1.807) is 11.3 Å². The third kappa shape index (κ3) is 5.08. The third-order valence-electron chi connectivity index (χ3n) is 7.86. The van der Waals surface area contributed by atoms with Crippen molar-refractivity contribution in [1.82, 2.24) is 14.8 Å². The Morgan fingerprint density at radius 1 is 1.13 bits per heavy atom. The third-order valence-corrected chi connectivity index (χ3v) is 8.95. The Labute approximate surface area is 228 Å². The Balaban J connectivity index is 1.25. The van der Waals surface area contributed by atoms with E-state index in [0.29, 0.717) is 39.1 Å². The first-order valence-electron chi connectivity index (χ1n) is 13.5. The molecule has 2 fully saturated rings. The van der Waals surface area contributed by atoms with Gasteiger partial charge in [0.15, 0.2) is 5.60 Å². The van der Waals surface area contributed by atoms with Gasteiger partial charge in [-0.05, 0) is 65.2 Å². The molecular formula is C28H38N4O5S. The second kappa shape index (κ2) is 10.4. The Morgan fingerprint density at radius 2 is 1.76 bits per heavy atom. The van der Waals surface area contributed by atoms with Crippen molar-refractivity contribution < 1.29 is 24.2 Å². The number of rotatable bonds is 8. The average Bonchev–Trinajstić information content (AvgIpc) is 3.43. The Bertz CT molecular complexity index is 1200. The molecule has 5 rings (SSSR count). The average molecular weight is 543 g/mol. The second-order valence-corrected chi connectivity index (χ2v) is 12.1. The molecule has 2 saturated heterocycles. The molecule has 1 aromatic heterocycles. The van der Waals surface area contributed by atoms with Gasteiger partial charge in [0, 0.05) is 32.7 Å². The molecule has 0 unspecified atom stereocenters. The van der Waals surface area contributed by atoms with Crippen LogP contribution in [0.5, 0.6) is 11.5 Å². The van der Waals surface area contributed by atoms with Gasteiger partial charge in [0.05, 0.1) is 46.2 Å². The first-order chi connectivity index (χ1) is 18.1. The summed E-state index contributed by atoms with van der Waals surface area (Å²) in [5.41, 5.74) is 2.18. The number of aryl methyl sites for hydroxylation is 2. The van der Waals surface area contributed by atoms with E-state index in [0.717, 1.165) is 70.1 Å². The van der Waals surface area contributed by atoms with Crippen molar-refractivity contribution in [3.05, 3.63) is 28.4 Å². The number of carboxylic acids is 1. The summed E-state index contributed by atoms with van der Waals surface area (Å²) in [6, 6.07) is 4.26. The summed E-state index contributed by atoms with van der Waals surface area (Å²) >= 11 is 1.66. The predicted octanol–water partition coefficient (Wildman–Crippen LogP) is 4.70. The summed E-state index contributed by atoms with van der Waals surface area (Å²) in [7, 11) is 0. The lowest BCUT2D eigenvalue weighted by atomic mass is 9.80. The van der Waals surface area contributed by atoms with Crippen molar-refractivity contribution in [3.8, 4) is 21.9 Å². The van der Waals surface area contributed by atoms with Gasteiger partial charge in [-0.2, -0.15) is 0 Å². The predicted molar refractivity (Wildman–Crippen MR) is 147 cm³/mol. The molecule has 0 bridgehead atoms. The van der Waals surface area contributed by atoms with Gasteiger partial charge in [0.2, 0.25) is 0 Å². The van der Waals surface area contributed by atoms with Crippen molar-refractivity contribution in [1.29, 1.82) is 0 Å². The minimum atomic E-state index is -0.710. The van der Waals surface area contributed by atoms with E-state index in [4.69, 9.17) is 14.3 Å². The topological polar surface area (TPSA) is 96.7 Å². The van der Waals surface area contributed by atoms with Gasteiger partial charge in [-0.3, -0.25) is 9.69 Å². The number of aromatic nitrogens is 1. The Morgan fingerprint density at radius 3 is 2.29 bits per heavy atom. The molecule has 9 nitrogen and oxygen atoms in total. The fourth-order valence-electron chi connectivity index (χ4n) is 5.71.